The number of anilines is 1. The molecule has 1 aliphatic carbocycles. The third kappa shape index (κ3) is 6.08. The number of hydrogen-bond donors (Lipinski definition) is 0. The lowest BCUT2D eigenvalue weighted by molar-refractivity contribution is 0.0527. The lowest BCUT2D eigenvalue weighted by Gasteiger charge is -2.35. The van der Waals surface area contributed by atoms with Crippen LogP contribution < -0.4 is 4.90 Å². The number of amides is 1. The van der Waals surface area contributed by atoms with Gasteiger partial charge in [-0.2, -0.15) is 14.6 Å². The monoisotopic (exact) mass is 608 g/mol. The number of fused-ring (bicyclic) bond motifs is 4. The fourth-order valence-corrected chi connectivity index (χ4v) is 5.91. The van der Waals surface area contributed by atoms with E-state index in [0.29, 0.717) is 24.9 Å². The number of nitrogens with zero attached hydrogens (tertiary/aromatic N) is 6. The highest BCUT2D eigenvalue weighted by atomic mass is 32.2. The molecule has 5 rings (SSSR count). The molecule has 1 aromatic carbocycles. The lowest BCUT2D eigenvalue weighted by atomic mass is 9.90. The number of ether oxygens (including phenoxy) is 2. The Bertz CT molecular complexity index is 1690. The number of carbonyl (C=O) groups is 2. The fourth-order valence-electron chi connectivity index (χ4n) is 5.49. The van der Waals surface area contributed by atoms with E-state index in [4.69, 9.17) is 9.47 Å². The van der Waals surface area contributed by atoms with Crippen LogP contribution in [0.3, 0.4) is 0 Å². The minimum Gasteiger partial charge on any atom is -0.609 e. The van der Waals surface area contributed by atoms with E-state index < -0.39 is 40.6 Å². The third-order valence-electron chi connectivity index (χ3n) is 7.23. The topological polar surface area (TPSA) is 127 Å². The number of carbonyl (C=O) groups excluding carboxylic acids is 2. The standard InChI is InChI=1S/C31H40N6O5S/c1-18(2)22-17-32-37-25(22)33-26(43(9)40)34-27(37)35(28(38)41-30(3,4)5)19-14-15-24-21(16-19)20-12-10-11-13-23(20)36(24)29(39)42-31(6,7)8/h10-13,17-19H,14-16H2,1-9H3/t19-,43?/m1/s1. The Morgan fingerprint density at radius 2 is 1.74 bits per heavy atom. The summed E-state index contributed by atoms with van der Waals surface area (Å²) in [5, 5.41) is 5.59. The molecule has 2 atom stereocenters. The maximum Gasteiger partial charge on any atom is 0.419 e. The van der Waals surface area contributed by atoms with Crippen molar-refractivity contribution in [1.82, 2.24) is 24.1 Å². The van der Waals surface area contributed by atoms with Crippen LogP contribution in [0.1, 0.15) is 84.5 Å². The van der Waals surface area contributed by atoms with E-state index in [-0.39, 0.29) is 17.0 Å². The molecule has 4 aromatic rings. The largest absolute Gasteiger partial charge is 0.609 e. The van der Waals surface area contributed by atoms with Crippen LogP contribution in [0.5, 0.6) is 0 Å². The van der Waals surface area contributed by atoms with Gasteiger partial charge in [-0.25, -0.2) is 19.1 Å². The van der Waals surface area contributed by atoms with Crippen LogP contribution in [-0.2, 0) is 33.5 Å². The van der Waals surface area contributed by atoms with Crippen molar-refractivity contribution in [2.75, 3.05) is 11.2 Å². The van der Waals surface area contributed by atoms with Crippen molar-refractivity contribution in [3.8, 4) is 0 Å². The molecule has 0 saturated heterocycles. The van der Waals surface area contributed by atoms with Crippen LogP contribution in [0.4, 0.5) is 15.5 Å². The molecule has 230 valence electrons. The smallest absolute Gasteiger partial charge is 0.419 e. The van der Waals surface area contributed by atoms with Gasteiger partial charge in [0.25, 0.3) is 0 Å². The molecule has 3 aromatic heterocycles. The van der Waals surface area contributed by atoms with Crippen LogP contribution in [0.25, 0.3) is 16.6 Å². The lowest BCUT2D eigenvalue weighted by Crippen LogP contribution is -2.47. The average Bonchev–Trinajstić information content (AvgIpc) is 3.46. The molecule has 11 nitrogen and oxygen atoms in total. The van der Waals surface area contributed by atoms with Gasteiger partial charge >= 0.3 is 17.3 Å². The van der Waals surface area contributed by atoms with Crippen molar-refractivity contribution in [2.45, 2.75) is 103 Å². The third-order valence-corrected chi connectivity index (χ3v) is 7.92. The zero-order chi connectivity index (χ0) is 31.4. The van der Waals surface area contributed by atoms with Crippen molar-refractivity contribution < 1.29 is 23.6 Å². The van der Waals surface area contributed by atoms with E-state index in [1.807, 2.05) is 79.7 Å². The first kappa shape index (κ1) is 30.8. The second-order valence-electron chi connectivity index (χ2n) is 13.3. The minimum absolute atomic E-state index is 0.0876. The van der Waals surface area contributed by atoms with E-state index in [2.05, 4.69) is 15.1 Å². The van der Waals surface area contributed by atoms with Crippen LogP contribution >= 0.6 is 0 Å². The van der Waals surface area contributed by atoms with Gasteiger partial charge in [0.15, 0.2) is 5.65 Å². The Kier molecular flexibility index (Phi) is 7.97. The highest BCUT2D eigenvalue weighted by Crippen LogP contribution is 2.36. The molecule has 0 fully saturated rings. The SMILES string of the molecule is CC(C)c1cnn2c(N(C(=O)OC(C)(C)C)[C@@H]3CCc4c(c5ccccc5n4C(=O)OC(C)(C)C)C3)nc([S+](C)[O-])nc12. The van der Waals surface area contributed by atoms with Gasteiger partial charge in [-0.05, 0) is 78.4 Å². The normalized spacial score (nSPS) is 16.4. The zero-order valence-corrected chi connectivity index (χ0v) is 27.1. The first-order valence-corrected chi connectivity index (χ1v) is 16.1. The molecule has 0 saturated carbocycles. The number of rotatable bonds is 4. The molecule has 0 bridgehead atoms. The highest BCUT2D eigenvalue weighted by Gasteiger charge is 2.39. The minimum atomic E-state index is -1.52. The summed E-state index contributed by atoms with van der Waals surface area (Å²) in [6.45, 7) is 15.0. The Morgan fingerprint density at radius 3 is 2.37 bits per heavy atom. The summed E-state index contributed by atoms with van der Waals surface area (Å²) < 4.78 is 27.6. The summed E-state index contributed by atoms with van der Waals surface area (Å²) in [5.41, 5.74) is 2.49. The Hall–Kier alpha value is -3.64. The van der Waals surface area contributed by atoms with Gasteiger partial charge < -0.3 is 14.0 Å². The van der Waals surface area contributed by atoms with Crippen molar-refractivity contribution in [1.29, 1.82) is 0 Å². The van der Waals surface area contributed by atoms with Gasteiger partial charge in [-0.1, -0.05) is 32.0 Å². The van der Waals surface area contributed by atoms with Gasteiger partial charge in [0.1, 0.15) is 17.5 Å². The van der Waals surface area contributed by atoms with Crippen LogP contribution in [0.2, 0.25) is 0 Å². The molecule has 0 radical (unpaired) electrons. The summed E-state index contributed by atoms with van der Waals surface area (Å²) in [5.74, 6) is 0.283. The molecule has 1 aliphatic rings. The molecule has 3 heterocycles. The molecular formula is C31H40N6O5S. The van der Waals surface area contributed by atoms with Crippen molar-refractivity contribution in [3.63, 3.8) is 0 Å². The number of hydrogen-bond acceptors (Lipinski definition) is 8. The van der Waals surface area contributed by atoms with E-state index >= 15 is 0 Å². The summed E-state index contributed by atoms with van der Waals surface area (Å²) in [7, 11) is 0. The maximum absolute atomic E-state index is 14.0. The predicted molar refractivity (Wildman–Crippen MR) is 165 cm³/mol. The zero-order valence-electron chi connectivity index (χ0n) is 26.3. The number of benzene rings is 1. The van der Waals surface area contributed by atoms with Crippen molar-refractivity contribution in [3.05, 3.63) is 47.3 Å². The number of aromatic nitrogens is 5. The molecule has 0 spiro atoms. The van der Waals surface area contributed by atoms with Gasteiger partial charge in [0, 0.05) is 33.9 Å². The second-order valence-corrected chi connectivity index (χ2v) is 14.5. The molecule has 1 amide bonds. The highest BCUT2D eigenvalue weighted by molar-refractivity contribution is 7.90. The molecule has 0 aliphatic heterocycles. The van der Waals surface area contributed by atoms with Gasteiger partial charge in [-0.3, -0.25) is 0 Å². The Morgan fingerprint density at radius 1 is 1.07 bits per heavy atom. The summed E-state index contributed by atoms with van der Waals surface area (Å²) in [4.78, 5) is 38.1. The quantitative estimate of drug-likeness (QED) is 0.257. The molecular weight excluding hydrogens is 568 g/mol. The van der Waals surface area contributed by atoms with E-state index in [0.717, 1.165) is 27.7 Å². The van der Waals surface area contributed by atoms with Gasteiger partial charge in [0.2, 0.25) is 5.95 Å². The molecule has 1 unspecified atom stereocenters. The van der Waals surface area contributed by atoms with Gasteiger partial charge in [0.05, 0.1) is 11.7 Å². The van der Waals surface area contributed by atoms with Crippen LogP contribution in [-0.4, -0.2) is 64.4 Å². The second kappa shape index (κ2) is 11.1. The molecule has 43 heavy (non-hydrogen) atoms. The summed E-state index contributed by atoms with van der Waals surface area (Å²) >= 11 is -1.52. The maximum atomic E-state index is 14.0. The van der Waals surface area contributed by atoms with Crippen LogP contribution in [0.15, 0.2) is 35.6 Å². The average molecular weight is 609 g/mol. The van der Waals surface area contributed by atoms with Crippen molar-refractivity contribution in [2.24, 2.45) is 0 Å². The van der Waals surface area contributed by atoms with Gasteiger partial charge in [-0.15, -0.1) is 4.98 Å². The Labute approximate surface area is 254 Å². The number of para-hydroxylation sites is 1. The van der Waals surface area contributed by atoms with E-state index in [1.54, 1.807) is 10.8 Å². The molecule has 0 N–H and O–H groups in total. The Balaban J connectivity index is 1.67. The summed E-state index contributed by atoms with van der Waals surface area (Å²) in [6.07, 6.45) is 3.64. The predicted octanol–water partition coefficient (Wildman–Crippen LogP) is 6.02. The summed E-state index contributed by atoms with van der Waals surface area (Å²) in [6, 6.07) is 7.33. The van der Waals surface area contributed by atoms with E-state index in [1.165, 1.54) is 15.7 Å². The first-order chi connectivity index (χ1) is 20.1. The fraction of sp³-hybridized carbons (Fsp3) is 0.516. The van der Waals surface area contributed by atoms with Crippen molar-refractivity contribution >= 4 is 45.9 Å². The van der Waals surface area contributed by atoms with Crippen LogP contribution in [0, 0.1) is 0 Å². The van der Waals surface area contributed by atoms with E-state index in [9.17, 15) is 14.1 Å². The first-order valence-electron chi connectivity index (χ1n) is 14.5. The molecule has 12 heteroatoms.